The molecule has 6 heteroatoms. The van der Waals surface area contributed by atoms with Gasteiger partial charge in [0.1, 0.15) is 5.69 Å². The van der Waals surface area contributed by atoms with Gasteiger partial charge in [0.05, 0.1) is 11.3 Å². The van der Waals surface area contributed by atoms with Gasteiger partial charge in [0.25, 0.3) is 5.91 Å². The number of aromatic hydroxyl groups is 1. The number of carbonyl (C=O) groups is 1. The summed E-state index contributed by atoms with van der Waals surface area (Å²) in [4.78, 5) is 13.1. The minimum atomic E-state index is -0.416. The number of halogens is 1. The Morgan fingerprint density at radius 2 is 1.69 bits per heavy atom. The maximum Gasteiger partial charge on any atom is 0.259 e. The Hall–Kier alpha value is -3.70. The lowest BCUT2D eigenvalue weighted by molar-refractivity contribution is 0.102. The molecule has 0 heterocycles. The van der Waals surface area contributed by atoms with Crippen LogP contribution in [0.1, 0.15) is 27.0 Å². The highest BCUT2D eigenvalue weighted by atomic mass is 35.5. The summed E-state index contributed by atoms with van der Waals surface area (Å²) in [5, 5.41) is 24.6. The molecule has 0 saturated heterocycles. The number of benzene rings is 4. The second-order valence-electron chi connectivity index (χ2n) is 7.67. The van der Waals surface area contributed by atoms with Crippen LogP contribution in [0.15, 0.2) is 77.0 Å². The number of aryl methyl sites for hydroxylation is 2. The molecule has 0 atom stereocenters. The Morgan fingerprint density at radius 3 is 2.47 bits per heavy atom. The van der Waals surface area contributed by atoms with E-state index in [0.717, 1.165) is 22.1 Å². The van der Waals surface area contributed by atoms with Crippen molar-refractivity contribution in [3.05, 3.63) is 94.0 Å². The molecule has 0 unspecified atom stereocenters. The smallest absolute Gasteiger partial charge is 0.259 e. The average Bonchev–Trinajstić information content (AvgIpc) is 2.77. The van der Waals surface area contributed by atoms with Crippen molar-refractivity contribution in [2.24, 2.45) is 10.2 Å². The number of carbonyl (C=O) groups excluding carboxylic acids is 1. The number of phenols is 1. The molecule has 0 aliphatic heterocycles. The summed E-state index contributed by atoms with van der Waals surface area (Å²) < 4.78 is 0. The molecule has 0 radical (unpaired) electrons. The van der Waals surface area contributed by atoms with Crippen LogP contribution in [0.2, 0.25) is 5.02 Å². The van der Waals surface area contributed by atoms with Gasteiger partial charge in [-0.15, -0.1) is 5.11 Å². The van der Waals surface area contributed by atoms with E-state index in [0.29, 0.717) is 21.8 Å². The van der Waals surface area contributed by atoms with E-state index < -0.39 is 5.91 Å². The number of rotatable bonds is 4. The molecule has 4 aromatic rings. The first kappa shape index (κ1) is 21.5. The van der Waals surface area contributed by atoms with E-state index in [1.165, 1.54) is 0 Å². The first-order valence-electron chi connectivity index (χ1n) is 10.2. The maximum atomic E-state index is 13.1. The summed E-state index contributed by atoms with van der Waals surface area (Å²) >= 11 is 6.02. The number of fused-ring (bicyclic) bond motifs is 1. The van der Waals surface area contributed by atoms with Crippen LogP contribution >= 0.6 is 11.6 Å². The second-order valence-corrected chi connectivity index (χ2v) is 8.11. The number of phenolic OH excluding ortho intramolecular Hbond substituents is 1. The minimum Gasteiger partial charge on any atom is -0.505 e. The van der Waals surface area contributed by atoms with Crippen LogP contribution < -0.4 is 5.32 Å². The molecule has 32 heavy (non-hydrogen) atoms. The van der Waals surface area contributed by atoms with Crippen LogP contribution in [0.3, 0.4) is 0 Å². The molecule has 2 N–H and O–H groups in total. The number of hydrogen-bond acceptors (Lipinski definition) is 4. The van der Waals surface area contributed by atoms with Crippen LogP contribution in [-0.4, -0.2) is 11.0 Å². The number of hydrogen-bond donors (Lipinski definition) is 2. The van der Waals surface area contributed by atoms with Gasteiger partial charge in [0.2, 0.25) is 0 Å². The van der Waals surface area contributed by atoms with Gasteiger partial charge in [-0.1, -0.05) is 48.0 Å². The van der Waals surface area contributed by atoms with E-state index in [2.05, 4.69) is 15.5 Å². The standard InChI is InChI=1S/C26H22ClN3O2/c1-15-7-6-10-23(17(15)3)28-26(32)21-14-18-8-4-5-9-20(18)24(25(21)31)30-29-22-12-11-19(27)13-16(22)2/h4-14,31H,1-3H3,(H,28,32). The highest BCUT2D eigenvalue weighted by Gasteiger charge is 2.19. The molecule has 0 saturated carbocycles. The minimum absolute atomic E-state index is 0.131. The third-order valence-corrected chi connectivity index (χ3v) is 5.74. The lowest BCUT2D eigenvalue weighted by atomic mass is 10.0. The SMILES string of the molecule is Cc1cc(Cl)ccc1N=Nc1c(O)c(C(=O)Nc2cccc(C)c2C)cc2ccccc12. The number of azo groups is 1. The predicted molar refractivity (Wildman–Crippen MR) is 130 cm³/mol. The number of amides is 1. The van der Waals surface area contributed by atoms with E-state index in [4.69, 9.17) is 11.6 Å². The number of nitrogens with zero attached hydrogens (tertiary/aromatic N) is 2. The number of nitrogens with one attached hydrogen (secondary N) is 1. The molecule has 4 aromatic carbocycles. The van der Waals surface area contributed by atoms with Gasteiger partial charge >= 0.3 is 0 Å². The largest absolute Gasteiger partial charge is 0.505 e. The van der Waals surface area contributed by atoms with Crippen LogP contribution in [0, 0.1) is 20.8 Å². The van der Waals surface area contributed by atoms with E-state index in [1.807, 2.05) is 63.2 Å². The van der Waals surface area contributed by atoms with Crippen molar-refractivity contribution in [2.45, 2.75) is 20.8 Å². The Bertz CT molecular complexity index is 1380. The Balaban J connectivity index is 1.79. The maximum absolute atomic E-state index is 13.1. The molecule has 4 rings (SSSR count). The van der Waals surface area contributed by atoms with Crippen molar-refractivity contribution >= 4 is 45.3 Å². The molecule has 0 aliphatic rings. The monoisotopic (exact) mass is 443 g/mol. The molecule has 0 aliphatic carbocycles. The van der Waals surface area contributed by atoms with Gasteiger partial charge in [-0.3, -0.25) is 4.79 Å². The van der Waals surface area contributed by atoms with Crippen molar-refractivity contribution in [3.63, 3.8) is 0 Å². The predicted octanol–water partition coefficient (Wildman–Crippen LogP) is 7.79. The molecule has 0 bridgehead atoms. The van der Waals surface area contributed by atoms with E-state index in [9.17, 15) is 9.90 Å². The van der Waals surface area contributed by atoms with Gasteiger partial charge in [-0.05, 0) is 73.2 Å². The highest BCUT2D eigenvalue weighted by molar-refractivity contribution is 6.30. The third kappa shape index (κ3) is 4.20. The van der Waals surface area contributed by atoms with Crippen molar-refractivity contribution in [3.8, 4) is 5.75 Å². The lowest BCUT2D eigenvalue weighted by Gasteiger charge is -2.13. The zero-order valence-electron chi connectivity index (χ0n) is 18.0. The normalized spacial score (nSPS) is 11.2. The van der Waals surface area contributed by atoms with Gasteiger partial charge in [-0.25, -0.2) is 0 Å². The topological polar surface area (TPSA) is 74.0 Å². The molecular formula is C26H22ClN3O2. The fraction of sp³-hybridized carbons (Fsp3) is 0.115. The van der Waals surface area contributed by atoms with Gasteiger partial charge in [0.15, 0.2) is 5.75 Å². The Morgan fingerprint density at radius 1 is 0.906 bits per heavy atom. The van der Waals surface area contributed by atoms with Crippen LogP contribution in [0.4, 0.5) is 17.1 Å². The lowest BCUT2D eigenvalue weighted by Crippen LogP contribution is -2.13. The first-order chi connectivity index (χ1) is 15.3. The number of anilines is 1. The first-order valence-corrected chi connectivity index (χ1v) is 10.5. The van der Waals surface area contributed by atoms with Crippen LogP contribution in [0.5, 0.6) is 5.75 Å². The highest BCUT2D eigenvalue weighted by Crippen LogP contribution is 2.40. The summed E-state index contributed by atoms with van der Waals surface area (Å²) in [6, 6.07) is 20.1. The molecule has 160 valence electrons. The summed E-state index contributed by atoms with van der Waals surface area (Å²) in [6.07, 6.45) is 0. The molecule has 0 aromatic heterocycles. The van der Waals surface area contributed by atoms with Gasteiger partial charge in [-0.2, -0.15) is 5.11 Å². The van der Waals surface area contributed by atoms with Gasteiger partial charge < -0.3 is 10.4 Å². The van der Waals surface area contributed by atoms with E-state index in [-0.39, 0.29) is 17.0 Å². The summed E-state index contributed by atoms with van der Waals surface area (Å²) in [7, 11) is 0. The van der Waals surface area contributed by atoms with Gasteiger partial charge in [0, 0.05) is 16.1 Å². The summed E-state index contributed by atoms with van der Waals surface area (Å²) in [5.41, 5.74) is 4.59. The summed E-state index contributed by atoms with van der Waals surface area (Å²) in [6.45, 7) is 5.81. The molecule has 0 fully saturated rings. The Labute approximate surface area is 191 Å². The fourth-order valence-electron chi connectivity index (χ4n) is 3.50. The summed E-state index contributed by atoms with van der Waals surface area (Å²) in [5.74, 6) is -0.636. The third-order valence-electron chi connectivity index (χ3n) is 5.51. The van der Waals surface area contributed by atoms with Crippen molar-refractivity contribution in [1.82, 2.24) is 0 Å². The van der Waals surface area contributed by atoms with Crippen LogP contribution in [0.25, 0.3) is 10.8 Å². The second kappa shape index (κ2) is 8.81. The zero-order chi connectivity index (χ0) is 22.8. The zero-order valence-corrected chi connectivity index (χ0v) is 18.7. The van der Waals surface area contributed by atoms with Crippen LogP contribution in [-0.2, 0) is 0 Å². The van der Waals surface area contributed by atoms with E-state index in [1.54, 1.807) is 24.3 Å². The quantitative estimate of drug-likeness (QED) is 0.316. The van der Waals surface area contributed by atoms with Crippen molar-refractivity contribution in [2.75, 3.05) is 5.32 Å². The van der Waals surface area contributed by atoms with E-state index >= 15 is 0 Å². The Kier molecular flexibility index (Phi) is 5.93. The fourth-order valence-corrected chi connectivity index (χ4v) is 3.73. The molecule has 1 amide bonds. The van der Waals surface area contributed by atoms with Crippen molar-refractivity contribution in [1.29, 1.82) is 0 Å². The average molecular weight is 444 g/mol. The molecule has 0 spiro atoms. The molecular weight excluding hydrogens is 422 g/mol. The molecule has 5 nitrogen and oxygen atoms in total. The van der Waals surface area contributed by atoms with Crippen molar-refractivity contribution < 1.29 is 9.90 Å².